The summed E-state index contributed by atoms with van der Waals surface area (Å²) in [5.41, 5.74) is 0.843. The van der Waals surface area contributed by atoms with Gasteiger partial charge in [0.15, 0.2) is 11.6 Å². The molecule has 34 heavy (non-hydrogen) atoms. The zero-order valence-electron chi connectivity index (χ0n) is 18.9. The number of aromatic nitrogens is 1. The molecule has 2 aromatic rings. The number of pyridine rings is 1. The van der Waals surface area contributed by atoms with Crippen molar-refractivity contribution in [3.63, 3.8) is 0 Å². The summed E-state index contributed by atoms with van der Waals surface area (Å²) in [6, 6.07) is 7.13. The summed E-state index contributed by atoms with van der Waals surface area (Å²) in [4.78, 5) is 32.0. The van der Waals surface area contributed by atoms with Gasteiger partial charge in [-0.3, -0.25) is 4.79 Å². The minimum absolute atomic E-state index is 0.0551. The van der Waals surface area contributed by atoms with Gasteiger partial charge in [0.1, 0.15) is 11.6 Å². The molecule has 10 heteroatoms. The summed E-state index contributed by atoms with van der Waals surface area (Å²) < 4.78 is 28.4. The third-order valence-corrected chi connectivity index (χ3v) is 6.32. The topological polar surface area (TPSA) is 97.8 Å². The highest BCUT2D eigenvalue weighted by Gasteiger charge is 2.29. The number of benzene rings is 1. The molecule has 1 atom stereocenters. The Morgan fingerprint density at radius 2 is 1.91 bits per heavy atom. The van der Waals surface area contributed by atoms with Crippen LogP contribution in [0.2, 0.25) is 0 Å². The van der Waals surface area contributed by atoms with Crippen molar-refractivity contribution >= 4 is 23.6 Å². The molecule has 0 unspecified atom stereocenters. The number of carbonyl (C=O) groups excluding carboxylic acids is 1. The number of hydrogen-bond donors (Lipinski definition) is 3. The van der Waals surface area contributed by atoms with Gasteiger partial charge in [0.25, 0.3) is 5.91 Å². The molecule has 182 valence electrons. The van der Waals surface area contributed by atoms with E-state index in [1.165, 1.54) is 23.1 Å². The molecule has 0 saturated carbocycles. The van der Waals surface area contributed by atoms with Crippen molar-refractivity contribution < 1.29 is 23.5 Å². The maximum atomic E-state index is 14.9. The molecule has 1 aromatic heterocycles. The Labute approximate surface area is 197 Å². The molecule has 0 aliphatic carbocycles. The Hall–Kier alpha value is -3.43. The SMILES string of the molecule is O=C(NC[C@H]1CCCN1C(=O)O)c1cc(F)c(N2CCCC2)nc1NCCc1cccc(F)c1. The number of halogens is 2. The van der Waals surface area contributed by atoms with E-state index in [0.717, 1.165) is 24.8 Å². The van der Waals surface area contributed by atoms with Crippen molar-refractivity contribution in [3.05, 3.63) is 53.1 Å². The van der Waals surface area contributed by atoms with E-state index < -0.39 is 17.8 Å². The summed E-state index contributed by atoms with van der Waals surface area (Å²) in [7, 11) is 0. The van der Waals surface area contributed by atoms with Crippen LogP contribution in [0.25, 0.3) is 0 Å². The van der Waals surface area contributed by atoms with Gasteiger partial charge in [-0.2, -0.15) is 0 Å². The largest absolute Gasteiger partial charge is 0.465 e. The van der Waals surface area contributed by atoms with Crippen LogP contribution in [0.1, 0.15) is 41.6 Å². The van der Waals surface area contributed by atoms with E-state index in [2.05, 4.69) is 15.6 Å². The van der Waals surface area contributed by atoms with Gasteiger partial charge < -0.3 is 25.5 Å². The van der Waals surface area contributed by atoms with Crippen LogP contribution >= 0.6 is 0 Å². The maximum absolute atomic E-state index is 14.9. The molecular formula is C24H29F2N5O3. The van der Waals surface area contributed by atoms with E-state index >= 15 is 0 Å². The van der Waals surface area contributed by atoms with E-state index in [-0.39, 0.29) is 35.6 Å². The van der Waals surface area contributed by atoms with Crippen molar-refractivity contribution in [2.24, 2.45) is 0 Å². The number of hydrogen-bond acceptors (Lipinski definition) is 5. The van der Waals surface area contributed by atoms with Crippen molar-refractivity contribution in [3.8, 4) is 0 Å². The molecule has 2 amide bonds. The third-order valence-electron chi connectivity index (χ3n) is 6.32. The fourth-order valence-corrected chi connectivity index (χ4v) is 4.56. The Morgan fingerprint density at radius 3 is 2.65 bits per heavy atom. The second kappa shape index (κ2) is 10.7. The summed E-state index contributed by atoms with van der Waals surface area (Å²) in [5, 5.41) is 15.2. The quantitative estimate of drug-likeness (QED) is 0.543. The lowest BCUT2D eigenvalue weighted by Crippen LogP contribution is -2.42. The average molecular weight is 474 g/mol. The number of likely N-dealkylation sites (tertiary alicyclic amines) is 1. The Kier molecular flexibility index (Phi) is 7.44. The molecular weight excluding hydrogens is 444 g/mol. The average Bonchev–Trinajstić information content (AvgIpc) is 3.50. The molecule has 4 rings (SSSR count). The number of rotatable bonds is 8. The van der Waals surface area contributed by atoms with Crippen LogP contribution in [0.4, 0.5) is 25.2 Å². The van der Waals surface area contributed by atoms with Gasteiger partial charge in [-0.15, -0.1) is 0 Å². The second-order valence-corrected chi connectivity index (χ2v) is 8.67. The van der Waals surface area contributed by atoms with Gasteiger partial charge >= 0.3 is 6.09 Å². The number of nitrogens with zero attached hydrogens (tertiary/aromatic N) is 3. The highest BCUT2D eigenvalue weighted by molar-refractivity contribution is 5.99. The summed E-state index contributed by atoms with van der Waals surface area (Å²) in [5.74, 6) is -0.967. The number of anilines is 2. The van der Waals surface area contributed by atoms with Crippen molar-refractivity contribution in [1.29, 1.82) is 0 Å². The molecule has 0 spiro atoms. The van der Waals surface area contributed by atoms with Crippen LogP contribution in [0.15, 0.2) is 30.3 Å². The van der Waals surface area contributed by atoms with Gasteiger partial charge in [-0.25, -0.2) is 18.6 Å². The van der Waals surface area contributed by atoms with Gasteiger partial charge in [-0.05, 0) is 55.9 Å². The molecule has 2 aliphatic heterocycles. The molecule has 0 radical (unpaired) electrons. The molecule has 3 heterocycles. The fraction of sp³-hybridized carbons (Fsp3) is 0.458. The van der Waals surface area contributed by atoms with Crippen LogP contribution in [0.3, 0.4) is 0 Å². The smallest absolute Gasteiger partial charge is 0.407 e. The Morgan fingerprint density at radius 1 is 1.12 bits per heavy atom. The van der Waals surface area contributed by atoms with Crippen molar-refractivity contribution in [2.45, 2.75) is 38.1 Å². The highest BCUT2D eigenvalue weighted by atomic mass is 19.1. The standard InChI is InChI=1S/C24H29F2N5O3/c25-17-6-3-5-16(13-17)8-9-27-21-19(14-20(26)22(29-21)30-10-1-2-11-30)23(32)28-15-18-7-4-12-31(18)24(33)34/h3,5-6,13-14,18H,1-2,4,7-12,15H2,(H,27,29)(H,28,32)(H,33,34)/t18-/m1/s1. The lowest BCUT2D eigenvalue weighted by atomic mass is 10.1. The van der Waals surface area contributed by atoms with Gasteiger partial charge in [-0.1, -0.05) is 12.1 Å². The lowest BCUT2D eigenvalue weighted by molar-refractivity contribution is 0.0934. The minimum atomic E-state index is -1.01. The summed E-state index contributed by atoms with van der Waals surface area (Å²) in [6.45, 7) is 2.35. The first-order valence-corrected chi connectivity index (χ1v) is 11.6. The monoisotopic (exact) mass is 473 g/mol. The van der Waals surface area contributed by atoms with Crippen molar-refractivity contribution in [2.75, 3.05) is 42.9 Å². The van der Waals surface area contributed by atoms with Crippen molar-refractivity contribution in [1.82, 2.24) is 15.2 Å². The normalized spacial score (nSPS) is 17.8. The number of amides is 2. The number of nitrogens with one attached hydrogen (secondary N) is 2. The van der Waals surface area contributed by atoms with Gasteiger partial charge in [0.2, 0.25) is 0 Å². The molecule has 2 aliphatic rings. The van der Waals surface area contributed by atoms with Crippen LogP contribution in [-0.4, -0.2) is 65.8 Å². The second-order valence-electron chi connectivity index (χ2n) is 8.67. The Bertz CT molecular complexity index is 1050. The van der Waals surface area contributed by atoms with Gasteiger partial charge in [0.05, 0.1) is 11.6 Å². The van der Waals surface area contributed by atoms with Crippen LogP contribution in [0, 0.1) is 11.6 Å². The van der Waals surface area contributed by atoms with Crippen LogP contribution in [-0.2, 0) is 6.42 Å². The van der Waals surface area contributed by atoms with Crippen LogP contribution in [0.5, 0.6) is 0 Å². The van der Waals surface area contributed by atoms with E-state index in [9.17, 15) is 23.5 Å². The zero-order chi connectivity index (χ0) is 24.1. The zero-order valence-corrected chi connectivity index (χ0v) is 18.9. The molecule has 2 fully saturated rings. The first-order chi connectivity index (χ1) is 16.4. The van der Waals surface area contributed by atoms with Gasteiger partial charge in [0, 0.05) is 32.7 Å². The van der Waals surface area contributed by atoms with E-state index in [4.69, 9.17) is 0 Å². The number of carboxylic acid groups (broad SMARTS) is 1. The highest BCUT2D eigenvalue weighted by Crippen LogP contribution is 2.26. The molecule has 8 nitrogen and oxygen atoms in total. The summed E-state index contributed by atoms with van der Waals surface area (Å²) in [6.07, 6.45) is 2.78. The van der Waals surface area contributed by atoms with E-state index in [0.29, 0.717) is 39.0 Å². The van der Waals surface area contributed by atoms with E-state index in [1.807, 2.05) is 11.0 Å². The fourth-order valence-electron chi connectivity index (χ4n) is 4.56. The summed E-state index contributed by atoms with van der Waals surface area (Å²) >= 11 is 0. The molecule has 3 N–H and O–H groups in total. The molecule has 1 aromatic carbocycles. The predicted octanol–water partition coefficient (Wildman–Crippen LogP) is 3.49. The lowest BCUT2D eigenvalue weighted by Gasteiger charge is -2.23. The first-order valence-electron chi connectivity index (χ1n) is 11.6. The van der Waals surface area contributed by atoms with Crippen LogP contribution < -0.4 is 15.5 Å². The van der Waals surface area contributed by atoms with E-state index in [1.54, 1.807) is 6.07 Å². The minimum Gasteiger partial charge on any atom is -0.465 e. The number of carbonyl (C=O) groups is 2. The first kappa shape index (κ1) is 23.7. The molecule has 2 saturated heterocycles. The Balaban J connectivity index is 1.50. The maximum Gasteiger partial charge on any atom is 0.407 e. The predicted molar refractivity (Wildman–Crippen MR) is 124 cm³/mol. The molecule has 0 bridgehead atoms. The third kappa shape index (κ3) is 5.55.